The summed E-state index contributed by atoms with van der Waals surface area (Å²) in [5.74, 6) is 0. The van der Waals surface area contributed by atoms with Crippen LogP contribution in [0, 0.1) is 5.41 Å². The lowest BCUT2D eigenvalue weighted by atomic mass is 9.84. The molecule has 34 heavy (non-hydrogen) atoms. The topological polar surface area (TPSA) is 23.9 Å². The lowest BCUT2D eigenvalue weighted by Gasteiger charge is -2.19. The molecule has 0 bridgehead atoms. The first-order chi connectivity index (χ1) is 16.7. The van der Waals surface area contributed by atoms with Gasteiger partial charge in [0, 0.05) is 11.8 Å². The van der Waals surface area contributed by atoms with Crippen LogP contribution >= 0.6 is 0 Å². The Kier molecular flexibility index (Phi) is 5.93. The van der Waals surface area contributed by atoms with Crippen LogP contribution in [0.5, 0.6) is 0 Å². The Labute approximate surface area is 200 Å². The monoisotopic (exact) mass is 437 g/mol. The number of hydrogen-bond acceptors (Lipinski definition) is 1. The van der Waals surface area contributed by atoms with Crippen LogP contribution in [-0.4, -0.2) is 6.21 Å². The Hall–Kier alpha value is -4.23. The van der Waals surface area contributed by atoms with Gasteiger partial charge in [0.25, 0.3) is 0 Å². The predicted molar refractivity (Wildman–Crippen MR) is 150 cm³/mol. The van der Waals surface area contributed by atoms with Crippen molar-refractivity contribution in [2.24, 2.45) is 0 Å². The quantitative estimate of drug-likeness (QED) is 0.118. The Morgan fingerprint density at radius 1 is 0.735 bits per heavy atom. The average molecular weight is 438 g/mol. The maximum Gasteiger partial charge on any atom is 0.0256 e. The van der Waals surface area contributed by atoms with Crippen molar-refractivity contribution in [2.45, 2.75) is 13.3 Å². The second kappa shape index (κ2) is 9.33. The molecule has 0 fully saturated rings. The molecule has 0 amide bonds. The zero-order valence-corrected chi connectivity index (χ0v) is 19.4. The molecule has 5 aromatic carbocycles. The number of fused-ring (bicyclic) bond motifs is 3. The summed E-state index contributed by atoms with van der Waals surface area (Å²) in [6.45, 7) is 6.25. The molecule has 0 aliphatic heterocycles. The number of benzene rings is 5. The summed E-state index contributed by atoms with van der Waals surface area (Å²) in [5.41, 5.74) is 5.43. The summed E-state index contributed by atoms with van der Waals surface area (Å²) in [4.78, 5) is 0. The van der Waals surface area contributed by atoms with Crippen molar-refractivity contribution in [3.05, 3.63) is 127 Å². The number of rotatable bonds is 6. The Morgan fingerprint density at radius 2 is 1.29 bits per heavy atom. The van der Waals surface area contributed by atoms with Crippen molar-refractivity contribution in [3.63, 3.8) is 0 Å². The van der Waals surface area contributed by atoms with Crippen molar-refractivity contribution in [1.29, 1.82) is 5.41 Å². The summed E-state index contributed by atoms with van der Waals surface area (Å²) in [7, 11) is 0. The van der Waals surface area contributed by atoms with Gasteiger partial charge in [0.05, 0.1) is 0 Å². The van der Waals surface area contributed by atoms with Crippen LogP contribution in [0.15, 0.2) is 121 Å². The minimum absolute atomic E-state index is 0.776. The molecule has 5 rings (SSSR count). The normalized spacial score (nSPS) is 12.1. The molecule has 1 heteroatoms. The molecule has 0 heterocycles. The van der Waals surface area contributed by atoms with E-state index in [9.17, 15) is 0 Å². The first-order valence-corrected chi connectivity index (χ1v) is 11.7. The SMILES string of the molecule is C=C(/C=C(\C=N)c1c2ccccc2c(-c2cccc3ccccc23)c2ccccc12)C/C=C\C. The summed E-state index contributed by atoms with van der Waals surface area (Å²) in [5, 5.41) is 15.5. The third kappa shape index (κ3) is 3.76. The van der Waals surface area contributed by atoms with Gasteiger partial charge in [-0.3, -0.25) is 0 Å². The summed E-state index contributed by atoms with van der Waals surface area (Å²) in [6, 6.07) is 32.3. The standard InChI is InChI=1S/C33H27N/c1-3-4-12-23(2)21-25(22-34)32-28-16-7-9-18-30(28)33(31-19-10-8-17-29(31)32)27-20-11-14-24-13-5-6-15-26(24)27/h3-11,13-22,34H,2,12H2,1H3/b4-3-,25-21+,34-22?. The zero-order valence-electron chi connectivity index (χ0n) is 19.4. The van der Waals surface area contributed by atoms with Gasteiger partial charge in [-0.2, -0.15) is 0 Å². The summed E-state index contributed by atoms with van der Waals surface area (Å²) < 4.78 is 0. The van der Waals surface area contributed by atoms with E-state index in [1.165, 1.54) is 38.9 Å². The summed E-state index contributed by atoms with van der Waals surface area (Å²) >= 11 is 0. The maximum atomic E-state index is 8.29. The Balaban J connectivity index is 1.91. The van der Waals surface area contributed by atoms with Crippen LogP contribution < -0.4 is 0 Å². The van der Waals surface area contributed by atoms with E-state index in [-0.39, 0.29) is 0 Å². The highest BCUT2D eigenvalue weighted by molar-refractivity contribution is 6.26. The van der Waals surface area contributed by atoms with Crippen molar-refractivity contribution in [1.82, 2.24) is 0 Å². The van der Waals surface area contributed by atoms with Gasteiger partial charge in [-0.25, -0.2) is 0 Å². The third-order valence-corrected chi connectivity index (χ3v) is 6.41. The molecule has 0 aliphatic carbocycles. The molecule has 164 valence electrons. The van der Waals surface area contributed by atoms with Crippen LogP contribution in [0.4, 0.5) is 0 Å². The first kappa shape index (κ1) is 21.6. The van der Waals surface area contributed by atoms with Gasteiger partial charge in [0.2, 0.25) is 0 Å². The summed E-state index contributed by atoms with van der Waals surface area (Å²) in [6.07, 6.45) is 8.43. The number of nitrogens with one attached hydrogen (secondary N) is 1. The van der Waals surface area contributed by atoms with Gasteiger partial charge in [-0.15, -0.1) is 0 Å². The Bertz CT molecular complexity index is 1550. The highest BCUT2D eigenvalue weighted by Gasteiger charge is 2.18. The molecule has 0 aromatic heterocycles. The van der Waals surface area contributed by atoms with Crippen molar-refractivity contribution < 1.29 is 0 Å². The minimum Gasteiger partial charge on any atom is -0.308 e. The van der Waals surface area contributed by atoms with Crippen molar-refractivity contribution >= 4 is 44.1 Å². The van der Waals surface area contributed by atoms with Crippen LogP contribution in [0.2, 0.25) is 0 Å². The molecule has 0 aliphatic rings. The first-order valence-electron chi connectivity index (χ1n) is 11.7. The third-order valence-electron chi connectivity index (χ3n) is 6.41. The van der Waals surface area contributed by atoms with Gasteiger partial charge in [-0.1, -0.05) is 115 Å². The number of allylic oxidation sites excluding steroid dienone is 5. The fourth-order valence-corrected chi connectivity index (χ4v) is 4.91. The molecule has 0 unspecified atom stereocenters. The van der Waals surface area contributed by atoms with E-state index in [0.717, 1.165) is 33.9 Å². The van der Waals surface area contributed by atoms with Crippen LogP contribution in [-0.2, 0) is 0 Å². The molecule has 0 saturated carbocycles. The fourth-order valence-electron chi connectivity index (χ4n) is 4.91. The molecule has 0 saturated heterocycles. The molecular formula is C33H27N. The lowest BCUT2D eigenvalue weighted by molar-refractivity contribution is 1.29. The minimum atomic E-state index is 0.776. The van der Waals surface area contributed by atoms with Gasteiger partial charge >= 0.3 is 0 Å². The zero-order chi connectivity index (χ0) is 23.5. The van der Waals surface area contributed by atoms with E-state index < -0.39 is 0 Å². The molecule has 1 nitrogen and oxygen atoms in total. The average Bonchev–Trinajstić information content (AvgIpc) is 2.89. The molecule has 0 radical (unpaired) electrons. The van der Waals surface area contributed by atoms with Crippen LogP contribution in [0.1, 0.15) is 18.9 Å². The van der Waals surface area contributed by atoms with Crippen molar-refractivity contribution in [2.75, 3.05) is 0 Å². The molecule has 1 N–H and O–H groups in total. The van der Waals surface area contributed by atoms with Gasteiger partial charge in [0.15, 0.2) is 0 Å². The van der Waals surface area contributed by atoms with E-state index in [1.807, 2.05) is 13.0 Å². The van der Waals surface area contributed by atoms with E-state index in [1.54, 1.807) is 0 Å². The lowest BCUT2D eigenvalue weighted by Crippen LogP contribution is -1.95. The van der Waals surface area contributed by atoms with Crippen LogP contribution in [0.25, 0.3) is 49.0 Å². The second-order valence-corrected chi connectivity index (χ2v) is 8.54. The fraction of sp³-hybridized carbons (Fsp3) is 0.0606. The van der Waals surface area contributed by atoms with Crippen LogP contribution in [0.3, 0.4) is 0 Å². The second-order valence-electron chi connectivity index (χ2n) is 8.54. The smallest absolute Gasteiger partial charge is 0.0256 e. The van der Waals surface area contributed by atoms with E-state index in [0.29, 0.717) is 0 Å². The number of hydrogen-bond donors (Lipinski definition) is 1. The highest BCUT2D eigenvalue weighted by Crippen LogP contribution is 2.43. The molecule has 0 atom stereocenters. The maximum absolute atomic E-state index is 8.29. The van der Waals surface area contributed by atoms with Crippen molar-refractivity contribution in [3.8, 4) is 11.1 Å². The molecule has 0 spiro atoms. The van der Waals surface area contributed by atoms with Gasteiger partial charge in [-0.05, 0) is 68.4 Å². The van der Waals surface area contributed by atoms with Gasteiger partial charge < -0.3 is 5.41 Å². The molecular weight excluding hydrogens is 410 g/mol. The predicted octanol–water partition coefficient (Wildman–Crippen LogP) is 9.37. The van der Waals surface area contributed by atoms with E-state index >= 15 is 0 Å². The van der Waals surface area contributed by atoms with Gasteiger partial charge in [0.1, 0.15) is 0 Å². The van der Waals surface area contributed by atoms with E-state index in [4.69, 9.17) is 5.41 Å². The van der Waals surface area contributed by atoms with E-state index in [2.05, 4.69) is 110 Å². The Morgan fingerprint density at radius 3 is 1.91 bits per heavy atom. The highest BCUT2D eigenvalue weighted by atomic mass is 14.3. The molecule has 5 aromatic rings. The largest absolute Gasteiger partial charge is 0.308 e.